The highest BCUT2D eigenvalue weighted by atomic mass is 32.2. The molecule has 5 nitrogen and oxygen atoms in total. The van der Waals surface area contributed by atoms with E-state index in [1.54, 1.807) is 28.6 Å². The minimum absolute atomic E-state index is 0.000585. The van der Waals surface area contributed by atoms with Gasteiger partial charge < -0.3 is 5.11 Å². The first-order valence-electron chi connectivity index (χ1n) is 12.2. The highest BCUT2D eigenvalue weighted by molar-refractivity contribution is 7.89. The van der Waals surface area contributed by atoms with Crippen LogP contribution in [-0.2, 0) is 10.0 Å². The van der Waals surface area contributed by atoms with E-state index in [1.165, 1.54) is 0 Å². The topological polar surface area (TPSA) is 60.9 Å². The minimum Gasteiger partial charge on any atom is -0.395 e. The van der Waals surface area contributed by atoms with Crippen LogP contribution < -0.4 is 0 Å². The average Bonchev–Trinajstić information content (AvgIpc) is 2.88. The Morgan fingerprint density at radius 1 is 0.800 bits per heavy atom. The van der Waals surface area contributed by atoms with Crippen molar-refractivity contribution in [1.29, 1.82) is 0 Å². The quantitative estimate of drug-likeness (QED) is 0.572. The fourth-order valence-corrected chi connectivity index (χ4v) is 6.84. The number of hydrogen-bond acceptors (Lipinski definition) is 4. The Morgan fingerprint density at radius 2 is 1.40 bits per heavy atom. The fourth-order valence-electron chi connectivity index (χ4n) is 5.32. The van der Waals surface area contributed by atoms with Crippen LogP contribution in [0.4, 0.5) is 0 Å². The van der Waals surface area contributed by atoms with Crippen molar-refractivity contribution in [3.05, 3.63) is 102 Å². The van der Waals surface area contributed by atoms with Gasteiger partial charge >= 0.3 is 0 Å². The molecule has 0 aliphatic carbocycles. The third kappa shape index (κ3) is 4.91. The lowest BCUT2D eigenvalue weighted by Crippen LogP contribution is -2.67. The third-order valence-corrected chi connectivity index (χ3v) is 9.01. The maximum Gasteiger partial charge on any atom is 0.243 e. The van der Waals surface area contributed by atoms with E-state index in [-0.39, 0.29) is 24.6 Å². The first-order chi connectivity index (χ1) is 17.1. The largest absolute Gasteiger partial charge is 0.395 e. The Labute approximate surface area is 208 Å². The second kappa shape index (κ2) is 10.3. The molecule has 3 atom stereocenters. The van der Waals surface area contributed by atoms with Gasteiger partial charge in [-0.25, -0.2) is 8.42 Å². The summed E-state index contributed by atoms with van der Waals surface area (Å²) in [5, 5.41) is 10.2. The van der Waals surface area contributed by atoms with E-state index in [1.807, 2.05) is 48.5 Å². The first-order valence-corrected chi connectivity index (χ1v) is 13.6. The van der Waals surface area contributed by atoms with Crippen LogP contribution in [-0.4, -0.2) is 61.1 Å². The van der Waals surface area contributed by atoms with E-state index < -0.39 is 10.0 Å². The van der Waals surface area contributed by atoms with Crippen LogP contribution in [0.3, 0.4) is 0 Å². The number of rotatable bonds is 4. The molecule has 1 N–H and O–H groups in total. The predicted molar refractivity (Wildman–Crippen MR) is 137 cm³/mol. The Hall–Kier alpha value is -2.95. The average molecular weight is 487 g/mol. The van der Waals surface area contributed by atoms with Crippen molar-refractivity contribution in [2.24, 2.45) is 0 Å². The van der Waals surface area contributed by atoms with Crippen molar-refractivity contribution in [3.8, 4) is 11.8 Å². The number of nitrogens with zero attached hydrogens (tertiary/aromatic N) is 2. The number of aliphatic hydroxyl groups excluding tert-OH is 1. The molecule has 3 aromatic carbocycles. The van der Waals surface area contributed by atoms with Crippen molar-refractivity contribution < 1.29 is 13.5 Å². The summed E-state index contributed by atoms with van der Waals surface area (Å²) in [5.74, 6) is 6.47. The Kier molecular flexibility index (Phi) is 7.03. The van der Waals surface area contributed by atoms with Crippen molar-refractivity contribution in [3.63, 3.8) is 0 Å². The van der Waals surface area contributed by atoms with Gasteiger partial charge in [0.05, 0.1) is 11.5 Å². The standard InChI is InChI=1S/C29H30N2O3S/c32-22-28-29(25-17-15-24(16-18-25)14-13-23-9-3-1-4-10-23)27-21-30(19-7-8-20-31(27)28)35(33,34)26-11-5-2-6-12-26/h1-6,9-12,15-18,27-29,32H,7-8,19-22H2/t27-,28-,29-/m0/s1. The molecule has 0 aromatic heterocycles. The van der Waals surface area contributed by atoms with Gasteiger partial charge in [-0.15, -0.1) is 0 Å². The lowest BCUT2D eigenvalue weighted by atomic mass is 9.74. The molecule has 6 heteroatoms. The molecule has 2 fully saturated rings. The van der Waals surface area contributed by atoms with Gasteiger partial charge in [0.1, 0.15) is 0 Å². The molecule has 180 valence electrons. The van der Waals surface area contributed by atoms with Crippen LogP contribution in [0.5, 0.6) is 0 Å². The molecular formula is C29H30N2O3S. The molecule has 2 saturated heterocycles. The predicted octanol–water partition coefficient (Wildman–Crippen LogP) is 3.70. The Balaban J connectivity index is 1.38. The molecule has 0 amide bonds. The smallest absolute Gasteiger partial charge is 0.243 e. The van der Waals surface area contributed by atoms with E-state index in [4.69, 9.17) is 0 Å². The number of benzene rings is 3. The summed E-state index contributed by atoms with van der Waals surface area (Å²) < 4.78 is 28.4. The van der Waals surface area contributed by atoms with Gasteiger partial charge in [0, 0.05) is 42.2 Å². The highest BCUT2D eigenvalue weighted by Gasteiger charge is 2.50. The van der Waals surface area contributed by atoms with Gasteiger partial charge in [0.15, 0.2) is 0 Å². The molecule has 0 unspecified atom stereocenters. The normalized spacial score (nSPS) is 23.2. The van der Waals surface area contributed by atoms with Crippen LogP contribution in [0.15, 0.2) is 89.8 Å². The van der Waals surface area contributed by atoms with E-state index in [2.05, 4.69) is 28.9 Å². The summed E-state index contributed by atoms with van der Waals surface area (Å²) in [5.41, 5.74) is 3.02. The maximum atomic E-state index is 13.4. The van der Waals surface area contributed by atoms with E-state index in [0.29, 0.717) is 18.0 Å². The van der Waals surface area contributed by atoms with E-state index >= 15 is 0 Å². The summed E-state index contributed by atoms with van der Waals surface area (Å²) in [6.07, 6.45) is 1.72. The van der Waals surface area contributed by atoms with Gasteiger partial charge in [-0.3, -0.25) is 4.90 Å². The van der Waals surface area contributed by atoms with Crippen LogP contribution in [0.1, 0.15) is 35.4 Å². The summed E-state index contributed by atoms with van der Waals surface area (Å²) in [4.78, 5) is 2.63. The summed E-state index contributed by atoms with van der Waals surface area (Å²) in [6, 6.07) is 26.8. The van der Waals surface area contributed by atoms with Crippen molar-refractivity contribution >= 4 is 10.0 Å². The minimum atomic E-state index is -3.57. The van der Waals surface area contributed by atoms with Crippen molar-refractivity contribution in [1.82, 2.24) is 9.21 Å². The van der Waals surface area contributed by atoms with Gasteiger partial charge in [-0.1, -0.05) is 60.4 Å². The Bertz CT molecular complexity index is 1300. The zero-order valence-electron chi connectivity index (χ0n) is 19.6. The summed E-state index contributed by atoms with van der Waals surface area (Å²) in [7, 11) is -3.57. The summed E-state index contributed by atoms with van der Waals surface area (Å²) >= 11 is 0. The summed E-state index contributed by atoms with van der Waals surface area (Å²) in [6.45, 7) is 1.88. The Morgan fingerprint density at radius 3 is 2.06 bits per heavy atom. The van der Waals surface area contributed by atoms with Crippen molar-refractivity contribution in [2.45, 2.75) is 35.7 Å². The van der Waals surface area contributed by atoms with Gasteiger partial charge in [0.2, 0.25) is 10.0 Å². The zero-order chi connectivity index (χ0) is 24.3. The first kappa shape index (κ1) is 23.8. The molecule has 0 bridgehead atoms. The van der Waals surface area contributed by atoms with E-state index in [0.717, 1.165) is 36.1 Å². The zero-order valence-corrected chi connectivity index (χ0v) is 20.4. The van der Waals surface area contributed by atoms with Crippen LogP contribution in [0.2, 0.25) is 0 Å². The molecule has 2 aliphatic heterocycles. The molecule has 2 heterocycles. The highest BCUT2D eigenvalue weighted by Crippen LogP contribution is 2.42. The monoisotopic (exact) mass is 486 g/mol. The van der Waals surface area contributed by atoms with E-state index in [9.17, 15) is 13.5 Å². The lowest BCUT2D eigenvalue weighted by molar-refractivity contribution is -0.0553. The second-order valence-corrected chi connectivity index (χ2v) is 11.1. The van der Waals surface area contributed by atoms with Crippen LogP contribution in [0.25, 0.3) is 0 Å². The molecular weight excluding hydrogens is 456 g/mol. The van der Waals surface area contributed by atoms with Gasteiger partial charge in [-0.2, -0.15) is 4.31 Å². The molecule has 0 radical (unpaired) electrons. The third-order valence-electron chi connectivity index (χ3n) is 7.13. The van der Waals surface area contributed by atoms with Crippen LogP contribution >= 0.6 is 0 Å². The maximum absolute atomic E-state index is 13.4. The SMILES string of the molecule is O=S(=O)(c1ccccc1)N1CCCCN2[C@@H](CO)[C@@H](c3ccc(C#Cc4ccccc4)cc3)[C@@H]2C1. The van der Waals surface area contributed by atoms with Gasteiger partial charge in [0.25, 0.3) is 0 Å². The second-order valence-electron chi connectivity index (χ2n) is 9.20. The number of hydrogen-bond donors (Lipinski definition) is 1. The van der Waals surface area contributed by atoms with Crippen molar-refractivity contribution in [2.75, 3.05) is 26.2 Å². The van der Waals surface area contributed by atoms with Gasteiger partial charge in [-0.05, 0) is 61.3 Å². The molecule has 3 aromatic rings. The number of aliphatic hydroxyl groups is 1. The van der Waals surface area contributed by atoms with Crippen LogP contribution in [0, 0.1) is 11.8 Å². The number of sulfonamides is 1. The number of fused-ring (bicyclic) bond motifs is 1. The molecule has 0 saturated carbocycles. The molecule has 2 aliphatic rings. The fraction of sp³-hybridized carbons (Fsp3) is 0.310. The molecule has 5 rings (SSSR count). The molecule has 0 spiro atoms. The lowest BCUT2D eigenvalue weighted by Gasteiger charge is -2.57. The molecule has 35 heavy (non-hydrogen) atoms.